The molecule has 0 radical (unpaired) electrons. The summed E-state index contributed by atoms with van der Waals surface area (Å²) in [5, 5.41) is 14.0. The molecule has 1 N–H and O–H groups in total. The number of hydrogen-bond acceptors (Lipinski definition) is 3. The normalized spacial score (nSPS) is 10.2. The Labute approximate surface area is 134 Å². The van der Waals surface area contributed by atoms with Crippen molar-refractivity contribution in [3.8, 4) is 0 Å². The van der Waals surface area contributed by atoms with Crippen LogP contribution in [-0.2, 0) is 0 Å². The van der Waals surface area contributed by atoms with Crippen LogP contribution >= 0.6 is 27.5 Å². The SMILES string of the molecule is Cc1cc(C(=O)Nc2ccc(Cl)cc2Br)cc([N+](=O)[O-])c1. The van der Waals surface area contributed by atoms with Gasteiger partial charge in [0.1, 0.15) is 0 Å². The monoisotopic (exact) mass is 368 g/mol. The average Bonchev–Trinajstić information content (AvgIpc) is 2.41. The molecule has 0 saturated carbocycles. The first-order valence-electron chi connectivity index (χ1n) is 5.89. The number of nitrogens with zero attached hydrogens (tertiary/aromatic N) is 1. The van der Waals surface area contributed by atoms with Crippen molar-refractivity contribution in [1.29, 1.82) is 0 Å². The minimum atomic E-state index is -0.526. The van der Waals surface area contributed by atoms with Crippen molar-refractivity contribution in [2.24, 2.45) is 0 Å². The third-order valence-corrected chi connectivity index (χ3v) is 3.61. The van der Waals surface area contributed by atoms with Crippen molar-refractivity contribution in [3.63, 3.8) is 0 Å². The van der Waals surface area contributed by atoms with E-state index in [9.17, 15) is 14.9 Å². The molecule has 21 heavy (non-hydrogen) atoms. The lowest BCUT2D eigenvalue weighted by atomic mass is 10.1. The highest BCUT2D eigenvalue weighted by Crippen LogP contribution is 2.26. The maximum atomic E-state index is 12.2. The number of carbonyl (C=O) groups is 1. The summed E-state index contributed by atoms with van der Waals surface area (Å²) in [6.07, 6.45) is 0. The second-order valence-corrected chi connectivity index (χ2v) is 5.68. The Balaban J connectivity index is 2.30. The van der Waals surface area contributed by atoms with Gasteiger partial charge >= 0.3 is 0 Å². The van der Waals surface area contributed by atoms with Crippen LogP contribution in [0.5, 0.6) is 0 Å². The zero-order chi connectivity index (χ0) is 15.6. The Bertz CT molecular complexity index is 734. The van der Waals surface area contributed by atoms with Crippen molar-refractivity contribution >= 4 is 44.8 Å². The van der Waals surface area contributed by atoms with Crippen LogP contribution in [-0.4, -0.2) is 10.8 Å². The smallest absolute Gasteiger partial charge is 0.270 e. The fourth-order valence-electron chi connectivity index (χ4n) is 1.78. The molecule has 0 atom stereocenters. The molecule has 0 bridgehead atoms. The number of aryl methyl sites for hydroxylation is 1. The summed E-state index contributed by atoms with van der Waals surface area (Å²) in [4.78, 5) is 22.5. The fourth-order valence-corrected chi connectivity index (χ4v) is 2.57. The number of benzene rings is 2. The van der Waals surface area contributed by atoms with E-state index >= 15 is 0 Å². The number of nitro groups is 1. The predicted octanol–water partition coefficient (Wildman–Crippen LogP) is 4.57. The fraction of sp³-hybridized carbons (Fsp3) is 0.0714. The molecule has 2 aromatic rings. The van der Waals surface area contributed by atoms with E-state index in [1.54, 1.807) is 31.2 Å². The third kappa shape index (κ3) is 3.80. The number of carbonyl (C=O) groups excluding carboxylic acids is 1. The topological polar surface area (TPSA) is 72.2 Å². The maximum absolute atomic E-state index is 12.2. The van der Waals surface area contributed by atoms with Gasteiger partial charge in [-0.3, -0.25) is 14.9 Å². The molecule has 0 aliphatic carbocycles. The van der Waals surface area contributed by atoms with Gasteiger partial charge < -0.3 is 5.32 Å². The number of nitro benzene ring substituents is 1. The van der Waals surface area contributed by atoms with Crippen LogP contribution in [0.1, 0.15) is 15.9 Å². The highest BCUT2D eigenvalue weighted by molar-refractivity contribution is 9.10. The molecule has 0 spiro atoms. The van der Waals surface area contributed by atoms with Gasteiger partial charge in [-0.2, -0.15) is 0 Å². The van der Waals surface area contributed by atoms with Gasteiger partial charge in [0, 0.05) is 27.2 Å². The van der Waals surface area contributed by atoms with Crippen molar-refractivity contribution in [2.45, 2.75) is 6.92 Å². The number of halogens is 2. The molecule has 0 aliphatic rings. The molecular formula is C14H10BrClN2O3. The summed E-state index contributed by atoms with van der Waals surface area (Å²) in [6.45, 7) is 1.70. The number of amides is 1. The molecule has 5 nitrogen and oxygen atoms in total. The van der Waals surface area contributed by atoms with Crippen molar-refractivity contribution in [2.75, 3.05) is 5.32 Å². The number of non-ortho nitro benzene ring substituents is 1. The molecule has 1 amide bonds. The Morgan fingerprint density at radius 3 is 2.62 bits per heavy atom. The maximum Gasteiger partial charge on any atom is 0.270 e. The predicted molar refractivity (Wildman–Crippen MR) is 84.9 cm³/mol. The van der Waals surface area contributed by atoms with Gasteiger partial charge in [0.05, 0.1) is 10.6 Å². The second kappa shape index (κ2) is 6.24. The summed E-state index contributed by atoms with van der Waals surface area (Å²) in [5.41, 5.74) is 1.29. The van der Waals surface area contributed by atoms with Gasteiger partial charge in [-0.1, -0.05) is 11.6 Å². The molecule has 0 unspecified atom stereocenters. The van der Waals surface area contributed by atoms with E-state index in [4.69, 9.17) is 11.6 Å². The summed E-state index contributed by atoms with van der Waals surface area (Å²) < 4.78 is 0.630. The second-order valence-electron chi connectivity index (χ2n) is 4.39. The van der Waals surface area contributed by atoms with Crippen LogP contribution in [0, 0.1) is 17.0 Å². The molecule has 2 aromatic carbocycles. The minimum Gasteiger partial charge on any atom is -0.321 e. The summed E-state index contributed by atoms with van der Waals surface area (Å²) in [5.74, 6) is -0.426. The lowest BCUT2D eigenvalue weighted by Crippen LogP contribution is -2.12. The first-order chi connectivity index (χ1) is 9.86. The van der Waals surface area contributed by atoms with Crippen molar-refractivity contribution in [1.82, 2.24) is 0 Å². The van der Waals surface area contributed by atoms with E-state index in [-0.39, 0.29) is 11.3 Å². The first-order valence-corrected chi connectivity index (χ1v) is 7.06. The molecule has 0 aromatic heterocycles. The Hall–Kier alpha value is -1.92. The van der Waals surface area contributed by atoms with Crippen LogP contribution in [0.15, 0.2) is 40.9 Å². The largest absolute Gasteiger partial charge is 0.321 e. The van der Waals surface area contributed by atoms with E-state index in [1.807, 2.05) is 0 Å². The number of hydrogen-bond donors (Lipinski definition) is 1. The zero-order valence-corrected chi connectivity index (χ0v) is 13.2. The van der Waals surface area contributed by atoms with Crippen LogP contribution < -0.4 is 5.32 Å². The van der Waals surface area contributed by atoms with Gasteiger partial charge in [0.15, 0.2) is 0 Å². The van der Waals surface area contributed by atoms with Gasteiger partial charge in [0.25, 0.3) is 11.6 Å². The third-order valence-electron chi connectivity index (χ3n) is 2.71. The van der Waals surface area contributed by atoms with Gasteiger partial charge in [-0.15, -0.1) is 0 Å². The van der Waals surface area contributed by atoms with Crippen molar-refractivity contribution in [3.05, 3.63) is 67.1 Å². The van der Waals surface area contributed by atoms with E-state index in [1.165, 1.54) is 12.1 Å². The molecular weight excluding hydrogens is 360 g/mol. The van der Waals surface area contributed by atoms with Crippen molar-refractivity contribution < 1.29 is 9.72 Å². The minimum absolute atomic E-state index is 0.115. The Kier molecular flexibility index (Phi) is 4.59. The van der Waals surface area contributed by atoms with Crippen LogP contribution in [0.3, 0.4) is 0 Å². The van der Waals surface area contributed by atoms with E-state index in [2.05, 4.69) is 21.2 Å². The molecule has 2 rings (SSSR count). The number of nitrogens with one attached hydrogen (secondary N) is 1. The average molecular weight is 370 g/mol. The molecule has 7 heteroatoms. The lowest BCUT2D eigenvalue weighted by molar-refractivity contribution is -0.384. The summed E-state index contributed by atoms with van der Waals surface area (Å²) >= 11 is 9.12. The standard InChI is InChI=1S/C14H10BrClN2O3/c1-8-4-9(6-11(5-8)18(20)21)14(19)17-13-3-2-10(16)7-12(13)15/h2-7H,1H3,(H,17,19). The van der Waals surface area contributed by atoms with Crippen LogP contribution in [0.25, 0.3) is 0 Å². The molecule has 0 aliphatic heterocycles. The summed E-state index contributed by atoms with van der Waals surface area (Å²) in [7, 11) is 0. The van der Waals surface area contributed by atoms with E-state index < -0.39 is 10.8 Å². The Morgan fingerprint density at radius 2 is 2.00 bits per heavy atom. The lowest BCUT2D eigenvalue weighted by Gasteiger charge is -2.08. The van der Waals surface area contributed by atoms with E-state index in [0.29, 0.717) is 20.7 Å². The Morgan fingerprint density at radius 1 is 1.29 bits per heavy atom. The van der Waals surface area contributed by atoms with E-state index in [0.717, 1.165) is 0 Å². The number of rotatable bonds is 3. The quantitative estimate of drug-likeness (QED) is 0.636. The zero-order valence-electron chi connectivity index (χ0n) is 10.9. The molecule has 0 fully saturated rings. The number of anilines is 1. The highest BCUT2D eigenvalue weighted by atomic mass is 79.9. The van der Waals surface area contributed by atoms with Crippen LogP contribution in [0.4, 0.5) is 11.4 Å². The summed E-state index contributed by atoms with van der Waals surface area (Å²) in [6, 6.07) is 9.18. The molecule has 0 heterocycles. The van der Waals surface area contributed by atoms with Crippen LogP contribution in [0.2, 0.25) is 5.02 Å². The van der Waals surface area contributed by atoms with Gasteiger partial charge in [-0.05, 0) is 52.7 Å². The highest BCUT2D eigenvalue weighted by Gasteiger charge is 2.14. The first kappa shape index (κ1) is 15.5. The van der Waals surface area contributed by atoms with Gasteiger partial charge in [-0.25, -0.2) is 0 Å². The van der Waals surface area contributed by atoms with Gasteiger partial charge in [0.2, 0.25) is 0 Å². The molecule has 0 saturated heterocycles. The molecule has 108 valence electrons.